The largest absolute Gasteiger partial charge is 0.497 e. The van der Waals surface area contributed by atoms with Crippen molar-refractivity contribution >= 4 is 29.9 Å². The maximum absolute atomic E-state index is 5.97. The highest BCUT2D eigenvalue weighted by molar-refractivity contribution is 14.0. The summed E-state index contributed by atoms with van der Waals surface area (Å²) < 4.78 is 10.5. The van der Waals surface area contributed by atoms with Gasteiger partial charge in [0.2, 0.25) is 0 Å². The van der Waals surface area contributed by atoms with Gasteiger partial charge in [0.1, 0.15) is 11.5 Å². The van der Waals surface area contributed by atoms with Crippen LogP contribution in [0.15, 0.2) is 23.2 Å². The molecule has 1 fully saturated rings. The molecule has 5 nitrogen and oxygen atoms in total. The number of hydrogen-bond acceptors (Lipinski definition) is 3. The molecule has 0 saturated heterocycles. The molecule has 1 aromatic rings. The zero-order chi connectivity index (χ0) is 15.1. The Morgan fingerprint density at radius 1 is 1.23 bits per heavy atom. The van der Waals surface area contributed by atoms with Gasteiger partial charge in [0.05, 0.1) is 20.8 Å². The van der Waals surface area contributed by atoms with Crippen molar-refractivity contribution in [1.29, 1.82) is 0 Å². The zero-order valence-corrected chi connectivity index (χ0v) is 15.6. The molecule has 0 radical (unpaired) electrons. The topological polar surface area (TPSA) is 68.9 Å². The molecule has 0 bridgehead atoms. The number of nitrogens with one attached hydrogen (secondary N) is 1. The van der Waals surface area contributed by atoms with Crippen LogP contribution in [0.2, 0.25) is 0 Å². The van der Waals surface area contributed by atoms with E-state index in [2.05, 4.69) is 10.3 Å². The highest BCUT2D eigenvalue weighted by atomic mass is 127. The second-order valence-corrected chi connectivity index (χ2v) is 5.36. The molecule has 3 N–H and O–H groups in total. The van der Waals surface area contributed by atoms with Crippen molar-refractivity contribution < 1.29 is 9.47 Å². The van der Waals surface area contributed by atoms with Gasteiger partial charge < -0.3 is 20.5 Å². The predicted octanol–water partition coefficient (Wildman–Crippen LogP) is 3.06. The number of aliphatic imine (C=N–C) groups is 1. The summed E-state index contributed by atoms with van der Waals surface area (Å²) in [7, 11) is 3.28. The number of guanidine groups is 1. The van der Waals surface area contributed by atoms with Crippen LogP contribution in [0.5, 0.6) is 11.5 Å². The molecule has 1 aliphatic rings. The van der Waals surface area contributed by atoms with Gasteiger partial charge in [0.25, 0.3) is 0 Å². The Bertz CT molecular complexity index is 488. The first-order chi connectivity index (χ1) is 10.2. The number of ether oxygens (including phenoxy) is 2. The van der Waals surface area contributed by atoms with Gasteiger partial charge in [-0.1, -0.05) is 19.3 Å². The average Bonchev–Trinajstić information content (AvgIpc) is 2.53. The van der Waals surface area contributed by atoms with Crippen LogP contribution in [-0.2, 0) is 6.54 Å². The van der Waals surface area contributed by atoms with E-state index in [0.29, 0.717) is 18.5 Å². The molecular weight excluding hydrogens is 393 g/mol. The lowest BCUT2D eigenvalue weighted by Gasteiger charge is -2.23. The van der Waals surface area contributed by atoms with E-state index in [9.17, 15) is 0 Å². The van der Waals surface area contributed by atoms with Gasteiger partial charge in [-0.05, 0) is 25.0 Å². The van der Waals surface area contributed by atoms with E-state index in [-0.39, 0.29) is 24.0 Å². The van der Waals surface area contributed by atoms with Crippen LogP contribution in [0.4, 0.5) is 0 Å². The summed E-state index contributed by atoms with van der Waals surface area (Å²) in [6.07, 6.45) is 6.25. The Balaban J connectivity index is 0.00000242. The summed E-state index contributed by atoms with van der Waals surface area (Å²) >= 11 is 0. The zero-order valence-electron chi connectivity index (χ0n) is 13.3. The van der Waals surface area contributed by atoms with Crippen molar-refractivity contribution in [2.45, 2.75) is 44.7 Å². The normalized spacial score (nSPS) is 15.8. The minimum absolute atomic E-state index is 0. The number of hydrogen-bond donors (Lipinski definition) is 2. The second kappa shape index (κ2) is 9.76. The molecule has 1 aliphatic carbocycles. The van der Waals surface area contributed by atoms with Crippen molar-refractivity contribution in [1.82, 2.24) is 5.32 Å². The molecule has 1 aromatic carbocycles. The Morgan fingerprint density at radius 2 is 1.95 bits per heavy atom. The molecule has 0 aromatic heterocycles. The standard InChI is InChI=1S/C16H25N3O2.HI/c1-20-14-9-8-12(15(10-14)21-2)11-18-16(17)19-13-6-4-3-5-7-13;/h8-10,13H,3-7,11H2,1-2H3,(H3,17,18,19);1H. The average molecular weight is 419 g/mol. The summed E-state index contributed by atoms with van der Waals surface area (Å²) in [6.45, 7) is 0.499. The van der Waals surface area contributed by atoms with Crippen LogP contribution < -0.4 is 20.5 Å². The van der Waals surface area contributed by atoms with Crippen LogP contribution in [0.1, 0.15) is 37.7 Å². The highest BCUT2D eigenvalue weighted by Gasteiger charge is 2.13. The number of halogens is 1. The van der Waals surface area contributed by atoms with Gasteiger partial charge in [-0.25, -0.2) is 4.99 Å². The van der Waals surface area contributed by atoms with Gasteiger partial charge >= 0.3 is 0 Å². The van der Waals surface area contributed by atoms with Gasteiger partial charge in [0, 0.05) is 17.7 Å². The number of rotatable bonds is 5. The summed E-state index contributed by atoms with van der Waals surface area (Å²) in [5.74, 6) is 2.05. The summed E-state index contributed by atoms with van der Waals surface area (Å²) in [5, 5.41) is 3.31. The molecule has 0 heterocycles. The molecule has 0 amide bonds. The Kier molecular flexibility index (Phi) is 8.37. The maximum atomic E-state index is 5.97. The lowest BCUT2D eigenvalue weighted by Crippen LogP contribution is -2.41. The Morgan fingerprint density at radius 3 is 2.59 bits per heavy atom. The first-order valence-corrected chi connectivity index (χ1v) is 7.50. The van der Waals surface area contributed by atoms with Crippen molar-refractivity contribution in [2.24, 2.45) is 10.7 Å². The van der Waals surface area contributed by atoms with Crippen LogP contribution in [-0.4, -0.2) is 26.2 Å². The summed E-state index contributed by atoms with van der Waals surface area (Å²) in [6, 6.07) is 6.18. The smallest absolute Gasteiger partial charge is 0.189 e. The highest BCUT2D eigenvalue weighted by Crippen LogP contribution is 2.25. The maximum Gasteiger partial charge on any atom is 0.189 e. The molecule has 0 atom stereocenters. The minimum Gasteiger partial charge on any atom is -0.497 e. The van der Waals surface area contributed by atoms with Crippen LogP contribution >= 0.6 is 24.0 Å². The summed E-state index contributed by atoms with van der Waals surface area (Å²) in [5.41, 5.74) is 6.97. The molecule has 0 unspecified atom stereocenters. The van der Waals surface area contributed by atoms with Gasteiger partial charge in [0.15, 0.2) is 5.96 Å². The molecule has 6 heteroatoms. The quantitative estimate of drug-likeness (QED) is 0.438. The number of nitrogens with zero attached hydrogens (tertiary/aromatic N) is 1. The van der Waals surface area contributed by atoms with E-state index in [1.807, 2.05) is 18.2 Å². The first-order valence-electron chi connectivity index (χ1n) is 7.50. The molecule has 0 aliphatic heterocycles. The van der Waals surface area contributed by atoms with Gasteiger partial charge in [-0.2, -0.15) is 0 Å². The van der Waals surface area contributed by atoms with Crippen molar-refractivity contribution in [3.63, 3.8) is 0 Å². The molecule has 22 heavy (non-hydrogen) atoms. The van der Waals surface area contributed by atoms with Gasteiger partial charge in [-0.3, -0.25) is 0 Å². The van der Waals surface area contributed by atoms with E-state index in [1.165, 1.54) is 32.1 Å². The lowest BCUT2D eigenvalue weighted by molar-refractivity contribution is 0.391. The van der Waals surface area contributed by atoms with E-state index in [0.717, 1.165) is 17.1 Å². The third-order valence-corrected chi connectivity index (χ3v) is 3.87. The molecule has 0 spiro atoms. The van der Waals surface area contributed by atoms with Crippen molar-refractivity contribution in [3.8, 4) is 11.5 Å². The van der Waals surface area contributed by atoms with Crippen LogP contribution in [0, 0.1) is 0 Å². The van der Waals surface area contributed by atoms with Gasteiger partial charge in [-0.15, -0.1) is 24.0 Å². The third kappa shape index (κ3) is 5.55. The van der Waals surface area contributed by atoms with E-state index in [4.69, 9.17) is 15.2 Å². The number of nitrogens with two attached hydrogens (primary N) is 1. The SMILES string of the molecule is COc1ccc(CN=C(N)NC2CCCCC2)c(OC)c1.I. The first kappa shape index (κ1) is 18.9. The summed E-state index contributed by atoms with van der Waals surface area (Å²) in [4.78, 5) is 4.42. The van der Waals surface area contributed by atoms with Crippen molar-refractivity contribution in [2.75, 3.05) is 14.2 Å². The third-order valence-electron chi connectivity index (χ3n) is 3.87. The lowest BCUT2D eigenvalue weighted by atomic mass is 9.96. The fourth-order valence-electron chi connectivity index (χ4n) is 2.65. The number of benzene rings is 1. The Labute approximate surface area is 149 Å². The fraction of sp³-hybridized carbons (Fsp3) is 0.562. The van der Waals surface area contributed by atoms with E-state index < -0.39 is 0 Å². The minimum atomic E-state index is 0. The molecular formula is C16H26IN3O2. The number of methoxy groups -OCH3 is 2. The van der Waals surface area contributed by atoms with E-state index in [1.54, 1.807) is 14.2 Å². The molecule has 2 rings (SSSR count). The monoisotopic (exact) mass is 419 g/mol. The molecule has 1 saturated carbocycles. The van der Waals surface area contributed by atoms with Crippen LogP contribution in [0.3, 0.4) is 0 Å². The van der Waals surface area contributed by atoms with E-state index >= 15 is 0 Å². The molecule has 124 valence electrons. The predicted molar refractivity (Wildman–Crippen MR) is 100 cm³/mol. The fourth-order valence-corrected chi connectivity index (χ4v) is 2.65. The van der Waals surface area contributed by atoms with Crippen molar-refractivity contribution in [3.05, 3.63) is 23.8 Å². The second-order valence-electron chi connectivity index (χ2n) is 5.36. The Hall–Kier alpha value is -1.18. The van der Waals surface area contributed by atoms with Crippen LogP contribution in [0.25, 0.3) is 0 Å².